The summed E-state index contributed by atoms with van der Waals surface area (Å²) in [6.45, 7) is 3.60. The monoisotopic (exact) mass is 438 g/mol. The molecule has 0 radical (unpaired) electrons. The number of ether oxygens (including phenoxy) is 1. The Kier molecular flexibility index (Phi) is 7.09. The summed E-state index contributed by atoms with van der Waals surface area (Å²) in [7, 11) is -2.40. The molecule has 0 atom stereocenters. The van der Waals surface area contributed by atoms with Crippen molar-refractivity contribution in [1.29, 1.82) is 0 Å². The summed E-state index contributed by atoms with van der Waals surface area (Å²) >= 11 is 0. The number of methoxy groups -OCH3 is 1. The van der Waals surface area contributed by atoms with E-state index in [2.05, 4.69) is 5.32 Å². The second kappa shape index (κ2) is 9.76. The van der Waals surface area contributed by atoms with E-state index < -0.39 is 15.9 Å². The van der Waals surface area contributed by atoms with Crippen molar-refractivity contribution < 1.29 is 17.9 Å². The molecule has 3 aromatic carbocycles. The smallest absolute Gasteiger partial charge is 0.243 e. The summed E-state index contributed by atoms with van der Waals surface area (Å²) in [5.41, 5.74) is 3.38. The molecule has 0 fully saturated rings. The zero-order valence-electron chi connectivity index (χ0n) is 17.8. The van der Waals surface area contributed by atoms with Gasteiger partial charge in [0.05, 0.1) is 18.6 Å². The number of sulfonamides is 1. The molecule has 1 N–H and O–H groups in total. The van der Waals surface area contributed by atoms with Gasteiger partial charge in [-0.3, -0.25) is 4.79 Å². The van der Waals surface area contributed by atoms with Crippen LogP contribution in [0, 0.1) is 13.8 Å². The molecule has 3 rings (SSSR count). The van der Waals surface area contributed by atoms with E-state index >= 15 is 0 Å². The van der Waals surface area contributed by atoms with Crippen LogP contribution in [0.25, 0.3) is 0 Å². The minimum atomic E-state index is -3.91. The van der Waals surface area contributed by atoms with Crippen molar-refractivity contribution in [2.75, 3.05) is 19.0 Å². The number of benzene rings is 3. The van der Waals surface area contributed by atoms with Crippen LogP contribution in [0.2, 0.25) is 0 Å². The Bertz CT molecular complexity index is 1140. The van der Waals surface area contributed by atoms with Crippen LogP contribution in [0.3, 0.4) is 0 Å². The molecule has 0 aromatic heterocycles. The number of carbonyl (C=O) groups excluding carboxylic acids is 1. The number of nitrogens with zero attached hydrogens (tertiary/aromatic N) is 1. The Labute approximate surface area is 183 Å². The van der Waals surface area contributed by atoms with Gasteiger partial charge in [0, 0.05) is 12.2 Å². The number of rotatable bonds is 8. The highest BCUT2D eigenvalue weighted by molar-refractivity contribution is 7.89. The van der Waals surface area contributed by atoms with E-state index in [1.54, 1.807) is 12.1 Å². The van der Waals surface area contributed by atoms with Crippen LogP contribution in [0.1, 0.15) is 16.7 Å². The first-order chi connectivity index (χ1) is 14.8. The topological polar surface area (TPSA) is 75.7 Å². The van der Waals surface area contributed by atoms with E-state index in [4.69, 9.17) is 4.74 Å². The van der Waals surface area contributed by atoms with Gasteiger partial charge in [-0.15, -0.1) is 0 Å². The molecular formula is C24H26N2O4S. The lowest BCUT2D eigenvalue weighted by Gasteiger charge is -2.22. The number of aryl methyl sites for hydroxylation is 2. The van der Waals surface area contributed by atoms with Crippen LogP contribution < -0.4 is 10.1 Å². The van der Waals surface area contributed by atoms with Crippen molar-refractivity contribution in [3.8, 4) is 5.75 Å². The molecule has 6 nitrogen and oxygen atoms in total. The highest BCUT2D eigenvalue weighted by Gasteiger charge is 2.27. The van der Waals surface area contributed by atoms with E-state index in [9.17, 15) is 13.2 Å². The Morgan fingerprint density at radius 2 is 1.65 bits per heavy atom. The van der Waals surface area contributed by atoms with Crippen LogP contribution >= 0.6 is 0 Å². The number of nitrogens with one attached hydrogen (secondary N) is 1. The van der Waals surface area contributed by atoms with Gasteiger partial charge in [-0.05, 0) is 60.9 Å². The normalized spacial score (nSPS) is 11.4. The van der Waals surface area contributed by atoms with Crippen molar-refractivity contribution in [2.45, 2.75) is 25.3 Å². The van der Waals surface area contributed by atoms with Gasteiger partial charge in [-0.25, -0.2) is 8.42 Å². The number of amides is 1. The highest BCUT2D eigenvalue weighted by Crippen LogP contribution is 2.22. The fourth-order valence-corrected chi connectivity index (χ4v) is 4.51. The zero-order valence-corrected chi connectivity index (χ0v) is 18.6. The first kappa shape index (κ1) is 22.5. The minimum Gasteiger partial charge on any atom is -0.497 e. The zero-order chi connectivity index (χ0) is 22.4. The van der Waals surface area contributed by atoms with Gasteiger partial charge in [0.1, 0.15) is 5.75 Å². The predicted octanol–water partition coefficient (Wildman–Crippen LogP) is 4.14. The minimum absolute atomic E-state index is 0.0788. The van der Waals surface area contributed by atoms with E-state index in [0.29, 0.717) is 11.4 Å². The van der Waals surface area contributed by atoms with Gasteiger partial charge in [0.2, 0.25) is 15.9 Å². The predicted molar refractivity (Wildman–Crippen MR) is 122 cm³/mol. The van der Waals surface area contributed by atoms with Crippen LogP contribution in [0.15, 0.2) is 77.7 Å². The summed E-state index contributed by atoms with van der Waals surface area (Å²) in [5, 5.41) is 2.84. The van der Waals surface area contributed by atoms with Crippen molar-refractivity contribution >= 4 is 21.6 Å². The Morgan fingerprint density at radius 1 is 0.968 bits per heavy atom. The first-order valence-electron chi connectivity index (χ1n) is 9.85. The number of hydrogen-bond acceptors (Lipinski definition) is 4. The summed E-state index contributed by atoms with van der Waals surface area (Å²) in [4.78, 5) is 12.9. The lowest BCUT2D eigenvalue weighted by Crippen LogP contribution is -2.37. The molecule has 0 unspecified atom stereocenters. The van der Waals surface area contributed by atoms with Crippen LogP contribution in [-0.2, 0) is 21.4 Å². The molecule has 162 valence electrons. The van der Waals surface area contributed by atoms with Gasteiger partial charge in [-0.1, -0.05) is 42.5 Å². The van der Waals surface area contributed by atoms with Gasteiger partial charge in [0.25, 0.3) is 0 Å². The van der Waals surface area contributed by atoms with Crippen molar-refractivity contribution in [1.82, 2.24) is 4.31 Å². The standard InChI is InChI=1S/C24H26N2O4S/c1-18-9-10-19(2)23(15-18)25-24(27)17-26(16-20-7-5-4-6-8-20)31(28,29)22-13-11-21(30-3)12-14-22/h4-15H,16-17H2,1-3H3,(H,25,27). The van der Waals surface area contributed by atoms with Crippen molar-refractivity contribution in [3.05, 3.63) is 89.5 Å². The molecule has 0 heterocycles. The second-order valence-corrected chi connectivity index (χ2v) is 9.24. The van der Waals surface area contributed by atoms with E-state index in [1.807, 2.05) is 62.4 Å². The Hall–Kier alpha value is -3.16. The van der Waals surface area contributed by atoms with Crippen LogP contribution in [0.5, 0.6) is 5.75 Å². The lowest BCUT2D eigenvalue weighted by atomic mass is 10.1. The second-order valence-electron chi connectivity index (χ2n) is 7.30. The number of hydrogen-bond donors (Lipinski definition) is 1. The molecule has 7 heteroatoms. The summed E-state index contributed by atoms with van der Waals surface area (Å²) in [6.07, 6.45) is 0. The average molecular weight is 439 g/mol. The molecular weight excluding hydrogens is 412 g/mol. The third kappa shape index (κ3) is 5.71. The highest BCUT2D eigenvalue weighted by atomic mass is 32.2. The molecule has 0 saturated heterocycles. The van der Waals surface area contributed by atoms with Crippen LogP contribution in [-0.4, -0.2) is 32.3 Å². The molecule has 0 bridgehead atoms. The molecule has 3 aromatic rings. The van der Waals surface area contributed by atoms with Gasteiger partial charge >= 0.3 is 0 Å². The maximum Gasteiger partial charge on any atom is 0.243 e. The van der Waals surface area contributed by atoms with E-state index in [-0.39, 0.29) is 18.0 Å². The maximum absolute atomic E-state index is 13.4. The SMILES string of the molecule is COc1ccc(S(=O)(=O)N(CC(=O)Nc2cc(C)ccc2C)Cc2ccccc2)cc1. The first-order valence-corrected chi connectivity index (χ1v) is 11.3. The third-order valence-corrected chi connectivity index (χ3v) is 6.69. The fourth-order valence-electron chi connectivity index (χ4n) is 3.13. The summed E-state index contributed by atoms with van der Waals surface area (Å²) in [5.74, 6) is 0.156. The third-order valence-electron chi connectivity index (χ3n) is 4.89. The fraction of sp³-hybridized carbons (Fsp3) is 0.208. The summed E-state index contributed by atoms with van der Waals surface area (Å²) in [6, 6.07) is 21.1. The number of carbonyl (C=O) groups is 1. The molecule has 31 heavy (non-hydrogen) atoms. The summed E-state index contributed by atoms with van der Waals surface area (Å²) < 4.78 is 33.0. The van der Waals surface area contributed by atoms with Crippen LogP contribution in [0.4, 0.5) is 5.69 Å². The van der Waals surface area contributed by atoms with Gasteiger partial charge in [-0.2, -0.15) is 4.31 Å². The molecule has 0 aliphatic heterocycles. The average Bonchev–Trinajstić information content (AvgIpc) is 2.76. The molecule has 0 aliphatic rings. The van der Waals surface area contributed by atoms with E-state index in [1.165, 1.54) is 23.5 Å². The van der Waals surface area contributed by atoms with Gasteiger partial charge < -0.3 is 10.1 Å². The quantitative estimate of drug-likeness (QED) is 0.574. The Morgan fingerprint density at radius 3 is 2.29 bits per heavy atom. The Balaban J connectivity index is 1.88. The van der Waals surface area contributed by atoms with Gasteiger partial charge in [0.15, 0.2) is 0 Å². The largest absolute Gasteiger partial charge is 0.497 e. The molecule has 0 spiro atoms. The van der Waals surface area contributed by atoms with E-state index in [0.717, 1.165) is 16.7 Å². The maximum atomic E-state index is 13.4. The lowest BCUT2D eigenvalue weighted by molar-refractivity contribution is -0.116. The van der Waals surface area contributed by atoms with Crippen molar-refractivity contribution in [3.63, 3.8) is 0 Å². The number of anilines is 1. The molecule has 0 aliphatic carbocycles. The molecule has 0 saturated carbocycles. The van der Waals surface area contributed by atoms with Crippen molar-refractivity contribution in [2.24, 2.45) is 0 Å². The molecule has 1 amide bonds.